The monoisotopic (exact) mass is 329 g/mol. The number of hydrogen-bond donors (Lipinski definition) is 1. The molecular weight excluding hydrogens is 308 g/mol. The first kappa shape index (κ1) is 17.9. The average molecular weight is 329 g/mol. The third-order valence-electron chi connectivity index (χ3n) is 3.99. The Bertz CT molecular complexity index is 708. The highest BCUT2D eigenvalue weighted by Crippen LogP contribution is 2.18. The molecule has 5 heteroatoms. The van der Waals surface area contributed by atoms with E-state index in [1.807, 2.05) is 43.1 Å². The van der Waals surface area contributed by atoms with Gasteiger partial charge in [-0.25, -0.2) is 8.78 Å². The normalized spacial score (nSPS) is 11.8. The van der Waals surface area contributed by atoms with Crippen molar-refractivity contribution in [2.45, 2.75) is 25.9 Å². The Hall–Kier alpha value is -2.45. The smallest absolute Gasteiger partial charge is 0.159 e. The summed E-state index contributed by atoms with van der Waals surface area (Å²) in [6.07, 6.45) is 0.492. The summed E-state index contributed by atoms with van der Waals surface area (Å²) in [4.78, 5) is 2.03. The predicted molar refractivity (Wildman–Crippen MR) is 91.6 cm³/mol. The number of benzene rings is 2. The van der Waals surface area contributed by atoms with Crippen LogP contribution in [0.15, 0.2) is 42.5 Å². The Morgan fingerprint density at radius 2 is 1.83 bits per heavy atom. The second-order valence-corrected chi connectivity index (χ2v) is 5.77. The van der Waals surface area contributed by atoms with Crippen LogP contribution in [0.25, 0.3) is 0 Å². The lowest BCUT2D eigenvalue weighted by Crippen LogP contribution is -2.19. The molecule has 0 aliphatic carbocycles. The number of nitrogens with zero attached hydrogens (tertiary/aromatic N) is 2. The molecule has 1 N–H and O–H groups in total. The van der Waals surface area contributed by atoms with Gasteiger partial charge in [-0.05, 0) is 42.3 Å². The highest BCUT2D eigenvalue weighted by molar-refractivity contribution is 5.46. The van der Waals surface area contributed by atoms with Gasteiger partial charge in [0.25, 0.3) is 0 Å². The minimum Gasteiger partial charge on any atom is -0.374 e. The quantitative estimate of drug-likeness (QED) is 0.829. The van der Waals surface area contributed by atoms with Crippen molar-refractivity contribution < 1.29 is 8.78 Å². The van der Waals surface area contributed by atoms with Crippen LogP contribution in [0.4, 0.5) is 14.5 Å². The summed E-state index contributed by atoms with van der Waals surface area (Å²) in [5, 5.41) is 11.9. The van der Waals surface area contributed by atoms with Crippen LogP contribution in [-0.2, 0) is 6.54 Å². The molecule has 0 bridgehead atoms. The highest BCUT2D eigenvalue weighted by atomic mass is 19.2. The molecular formula is C19H21F2N3. The van der Waals surface area contributed by atoms with Crippen molar-refractivity contribution in [2.75, 3.05) is 18.5 Å². The van der Waals surface area contributed by atoms with E-state index in [9.17, 15) is 8.78 Å². The fourth-order valence-corrected chi connectivity index (χ4v) is 2.39. The summed E-state index contributed by atoms with van der Waals surface area (Å²) >= 11 is 0. The van der Waals surface area contributed by atoms with Crippen LogP contribution in [0.3, 0.4) is 0 Å². The molecule has 1 unspecified atom stereocenters. The molecule has 2 aromatic carbocycles. The van der Waals surface area contributed by atoms with Crippen molar-refractivity contribution in [1.29, 1.82) is 5.26 Å². The first-order valence-corrected chi connectivity index (χ1v) is 7.86. The summed E-state index contributed by atoms with van der Waals surface area (Å²) in [5.41, 5.74) is 2.87. The second-order valence-electron chi connectivity index (χ2n) is 5.77. The molecule has 0 aromatic heterocycles. The minimum absolute atomic E-state index is 0.0851. The number of nitrogens with one attached hydrogen (secondary N) is 1. The van der Waals surface area contributed by atoms with E-state index in [2.05, 4.69) is 11.4 Å². The fraction of sp³-hybridized carbons (Fsp3) is 0.316. The van der Waals surface area contributed by atoms with Crippen molar-refractivity contribution in [2.24, 2.45) is 0 Å². The van der Waals surface area contributed by atoms with Crippen LogP contribution in [0.5, 0.6) is 0 Å². The molecule has 126 valence electrons. The van der Waals surface area contributed by atoms with Gasteiger partial charge in [0.2, 0.25) is 0 Å². The topological polar surface area (TPSA) is 39.1 Å². The van der Waals surface area contributed by atoms with Gasteiger partial charge in [0.05, 0.1) is 12.5 Å². The Morgan fingerprint density at radius 1 is 1.12 bits per heavy atom. The maximum absolute atomic E-state index is 13.3. The molecule has 0 aliphatic heterocycles. The van der Waals surface area contributed by atoms with E-state index in [-0.39, 0.29) is 6.04 Å². The third-order valence-corrected chi connectivity index (χ3v) is 3.99. The van der Waals surface area contributed by atoms with Gasteiger partial charge in [0, 0.05) is 31.9 Å². The van der Waals surface area contributed by atoms with Crippen molar-refractivity contribution >= 4 is 5.69 Å². The third kappa shape index (κ3) is 4.77. The second kappa shape index (κ2) is 8.42. The Labute approximate surface area is 141 Å². The van der Waals surface area contributed by atoms with Gasteiger partial charge in [0.1, 0.15) is 0 Å². The molecule has 0 spiro atoms. The van der Waals surface area contributed by atoms with Gasteiger partial charge in [-0.1, -0.05) is 18.2 Å². The molecule has 0 saturated heterocycles. The standard InChI is InChI=1S/C19H21F2N3/c1-14(16-6-9-18(20)19(21)12-16)23-13-15-4-7-17(8-5-15)24(2)11-3-10-22/h4-9,12,14,23H,3,11,13H2,1-2H3. The van der Waals surface area contributed by atoms with E-state index in [4.69, 9.17) is 5.26 Å². The van der Waals surface area contributed by atoms with Crippen molar-refractivity contribution in [1.82, 2.24) is 5.32 Å². The molecule has 2 rings (SSSR count). The van der Waals surface area contributed by atoms with Crippen LogP contribution >= 0.6 is 0 Å². The largest absolute Gasteiger partial charge is 0.374 e. The van der Waals surface area contributed by atoms with Crippen molar-refractivity contribution in [3.8, 4) is 6.07 Å². The number of anilines is 1. The Balaban J connectivity index is 1.92. The molecule has 3 nitrogen and oxygen atoms in total. The first-order valence-electron chi connectivity index (χ1n) is 7.86. The van der Waals surface area contributed by atoms with Gasteiger partial charge in [-0.15, -0.1) is 0 Å². The zero-order valence-corrected chi connectivity index (χ0v) is 13.9. The number of hydrogen-bond acceptors (Lipinski definition) is 3. The fourth-order valence-electron chi connectivity index (χ4n) is 2.39. The summed E-state index contributed by atoms with van der Waals surface area (Å²) in [6, 6.07) is 14.1. The van der Waals surface area contributed by atoms with Gasteiger partial charge >= 0.3 is 0 Å². The van der Waals surface area contributed by atoms with Crippen LogP contribution in [0.1, 0.15) is 30.5 Å². The van der Waals surface area contributed by atoms with E-state index in [0.717, 1.165) is 17.3 Å². The van der Waals surface area contributed by atoms with Crippen molar-refractivity contribution in [3.63, 3.8) is 0 Å². The molecule has 0 saturated carbocycles. The summed E-state index contributed by atoms with van der Waals surface area (Å²) in [6.45, 7) is 3.24. The summed E-state index contributed by atoms with van der Waals surface area (Å²) in [5.74, 6) is -1.66. The van der Waals surface area contributed by atoms with Crippen LogP contribution < -0.4 is 10.2 Å². The molecule has 0 aliphatic rings. The van der Waals surface area contributed by atoms with Gasteiger partial charge < -0.3 is 10.2 Å². The van der Waals surface area contributed by atoms with E-state index in [1.54, 1.807) is 6.07 Å². The highest BCUT2D eigenvalue weighted by Gasteiger charge is 2.09. The van der Waals surface area contributed by atoms with E-state index in [1.165, 1.54) is 6.07 Å². The molecule has 2 aromatic rings. The molecule has 24 heavy (non-hydrogen) atoms. The summed E-state index contributed by atoms with van der Waals surface area (Å²) < 4.78 is 26.3. The zero-order chi connectivity index (χ0) is 17.5. The van der Waals surface area contributed by atoms with E-state index in [0.29, 0.717) is 25.1 Å². The Kier molecular flexibility index (Phi) is 6.28. The molecule has 0 radical (unpaired) electrons. The Morgan fingerprint density at radius 3 is 2.46 bits per heavy atom. The lowest BCUT2D eigenvalue weighted by molar-refractivity contribution is 0.500. The summed E-state index contributed by atoms with van der Waals surface area (Å²) in [7, 11) is 1.95. The molecule has 0 heterocycles. The van der Waals surface area contributed by atoms with Crippen molar-refractivity contribution in [3.05, 3.63) is 65.2 Å². The van der Waals surface area contributed by atoms with Crippen LogP contribution in [-0.4, -0.2) is 13.6 Å². The SMILES string of the molecule is CC(NCc1ccc(N(C)CCC#N)cc1)c1ccc(F)c(F)c1. The number of nitriles is 1. The zero-order valence-electron chi connectivity index (χ0n) is 13.9. The van der Waals surface area contributed by atoms with E-state index < -0.39 is 11.6 Å². The van der Waals surface area contributed by atoms with Crippen LogP contribution in [0, 0.1) is 23.0 Å². The number of halogens is 2. The van der Waals surface area contributed by atoms with Crippen LogP contribution in [0.2, 0.25) is 0 Å². The maximum atomic E-state index is 13.3. The van der Waals surface area contributed by atoms with Gasteiger partial charge in [0.15, 0.2) is 11.6 Å². The molecule has 0 amide bonds. The van der Waals surface area contributed by atoms with E-state index >= 15 is 0 Å². The first-order chi connectivity index (χ1) is 11.5. The minimum atomic E-state index is -0.831. The molecule has 1 atom stereocenters. The van der Waals surface area contributed by atoms with Gasteiger partial charge in [-0.2, -0.15) is 5.26 Å². The number of rotatable bonds is 7. The maximum Gasteiger partial charge on any atom is 0.159 e. The van der Waals surface area contributed by atoms with Gasteiger partial charge in [-0.3, -0.25) is 0 Å². The molecule has 0 fully saturated rings. The lowest BCUT2D eigenvalue weighted by atomic mass is 10.1. The lowest BCUT2D eigenvalue weighted by Gasteiger charge is -2.18. The predicted octanol–water partition coefficient (Wildman–Crippen LogP) is 4.17. The average Bonchev–Trinajstić information content (AvgIpc) is 2.60.